The van der Waals surface area contributed by atoms with E-state index in [1.165, 1.54) is 18.3 Å². The van der Waals surface area contributed by atoms with Crippen LogP contribution in [0.4, 0.5) is 8.78 Å². The number of hydrogen-bond donors (Lipinski definition) is 2. The second-order valence-electron chi connectivity index (χ2n) is 7.45. The number of hydrogen-bond acceptors (Lipinski definition) is 5. The molecule has 7 nitrogen and oxygen atoms in total. The van der Waals surface area contributed by atoms with Gasteiger partial charge in [-0.1, -0.05) is 0 Å². The number of nitrogens with zero attached hydrogens (tertiary/aromatic N) is 3. The molecule has 2 N–H and O–H groups in total. The monoisotopic (exact) mass is 409 g/mol. The van der Waals surface area contributed by atoms with Gasteiger partial charge in [0.05, 0.1) is 34.6 Å². The Kier molecular flexibility index (Phi) is 4.57. The van der Waals surface area contributed by atoms with Gasteiger partial charge in [0.15, 0.2) is 17.3 Å². The van der Waals surface area contributed by atoms with Crippen molar-refractivity contribution >= 4 is 16.8 Å². The van der Waals surface area contributed by atoms with Crippen LogP contribution in [0.5, 0.6) is 0 Å². The molecule has 1 aliphatic carbocycles. The quantitative estimate of drug-likeness (QED) is 0.688. The van der Waals surface area contributed by atoms with E-state index in [0.717, 1.165) is 6.07 Å². The van der Waals surface area contributed by atoms with Crippen molar-refractivity contribution in [2.45, 2.75) is 38.1 Å². The van der Waals surface area contributed by atoms with Gasteiger partial charge in [-0.2, -0.15) is 5.26 Å². The molecule has 0 radical (unpaired) electrons. The maximum Gasteiger partial charge on any atom is 0.252 e. The standard InChI is InChI=1S/C21H17F2N5O2/c1-10-18(25-9-12(8-24)26-10)11(2)27-20(30)21(5-6-21)14-7-13-16(28-19(14)29)4-3-15(22)17(13)23/h3-4,7,9,11H,5-6H2,1-2H3,(H,27,30)(H,28,29)/t11-/m0/s1. The molecule has 0 spiro atoms. The van der Waals surface area contributed by atoms with E-state index in [-0.39, 0.29) is 22.2 Å². The Hall–Kier alpha value is -3.67. The van der Waals surface area contributed by atoms with Gasteiger partial charge in [-0.15, -0.1) is 0 Å². The van der Waals surface area contributed by atoms with Crippen LogP contribution >= 0.6 is 0 Å². The number of fused-ring (bicyclic) bond motifs is 1. The number of nitriles is 1. The lowest BCUT2D eigenvalue weighted by Crippen LogP contribution is -2.39. The average Bonchev–Trinajstić information content (AvgIpc) is 3.52. The summed E-state index contributed by atoms with van der Waals surface area (Å²) in [7, 11) is 0. The Bertz CT molecular complexity index is 1290. The molecule has 1 saturated carbocycles. The lowest BCUT2D eigenvalue weighted by Gasteiger charge is -2.20. The summed E-state index contributed by atoms with van der Waals surface area (Å²) in [4.78, 5) is 36.5. The molecule has 1 atom stereocenters. The molecule has 0 aliphatic heterocycles. The maximum atomic E-state index is 14.2. The Morgan fingerprint density at radius 2 is 2.10 bits per heavy atom. The highest BCUT2D eigenvalue weighted by Gasteiger charge is 2.53. The summed E-state index contributed by atoms with van der Waals surface area (Å²) >= 11 is 0. The normalized spacial score (nSPS) is 15.4. The molecule has 1 amide bonds. The van der Waals surface area contributed by atoms with Gasteiger partial charge in [0.1, 0.15) is 6.07 Å². The fourth-order valence-electron chi connectivity index (χ4n) is 3.69. The Balaban J connectivity index is 1.67. The summed E-state index contributed by atoms with van der Waals surface area (Å²) < 4.78 is 27.8. The molecule has 1 aliphatic rings. The molecule has 3 aromatic rings. The fourth-order valence-corrected chi connectivity index (χ4v) is 3.69. The van der Waals surface area contributed by atoms with Crippen LogP contribution in [0.25, 0.3) is 10.9 Å². The van der Waals surface area contributed by atoms with Crippen molar-refractivity contribution in [2.24, 2.45) is 0 Å². The molecule has 9 heteroatoms. The first-order valence-electron chi connectivity index (χ1n) is 9.33. The van der Waals surface area contributed by atoms with E-state index >= 15 is 0 Å². The van der Waals surface area contributed by atoms with E-state index in [9.17, 15) is 18.4 Å². The number of nitrogens with one attached hydrogen (secondary N) is 2. The van der Waals surface area contributed by atoms with Crippen LogP contribution < -0.4 is 10.9 Å². The molecule has 0 bridgehead atoms. The van der Waals surface area contributed by atoms with Crippen LogP contribution in [0.3, 0.4) is 0 Å². The number of aromatic amines is 1. The first kappa shape index (κ1) is 19.6. The van der Waals surface area contributed by atoms with Crippen molar-refractivity contribution in [2.75, 3.05) is 0 Å². The number of pyridine rings is 1. The number of carbonyl (C=O) groups is 1. The van der Waals surface area contributed by atoms with Crippen molar-refractivity contribution in [3.8, 4) is 6.07 Å². The number of rotatable bonds is 4. The summed E-state index contributed by atoms with van der Waals surface area (Å²) in [5.74, 6) is -2.50. The van der Waals surface area contributed by atoms with Crippen LogP contribution in [0, 0.1) is 29.9 Å². The number of halogens is 2. The van der Waals surface area contributed by atoms with Gasteiger partial charge in [0, 0.05) is 10.9 Å². The third-order valence-electron chi connectivity index (χ3n) is 5.47. The van der Waals surface area contributed by atoms with Crippen LogP contribution in [-0.4, -0.2) is 20.9 Å². The summed E-state index contributed by atoms with van der Waals surface area (Å²) in [5, 5.41) is 11.7. The van der Waals surface area contributed by atoms with Crippen molar-refractivity contribution < 1.29 is 13.6 Å². The number of benzene rings is 1. The SMILES string of the molecule is Cc1nc(C#N)cnc1[C@H](C)NC(=O)C1(c2cc3c(F)c(F)ccc3[nH]c2=O)CC1. The third-order valence-corrected chi connectivity index (χ3v) is 5.47. The van der Waals surface area contributed by atoms with Crippen molar-refractivity contribution in [3.05, 3.63) is 69.0 Å². The molecule has 1 aromatic carbocycles. The van der Waals surface area contributed by atoms with E-state index < -0.39 is 34.6 Å². The zero-order chi connectivity index (χ0) is 21.6. The molecular formula is C21H17F2N5O2. The molecule has 2 heterocycles. The molecule has 4 rings (SSSR count). The van der Waals surface area contributed by atoms with Gasteiger partial charge < -0.3 is 10.3 Å². The van der Waals surface area contributed by atoms with Crippen LogP contribution in [0.15, 0.2) is 29.2 Å². The zero-order valence-electron chi connectivity index (χ0n) is 16.2. The molecule has 0 saturated heterocycles. The predicted molar refractivity (Wildman–Crippen MR) is 103 cm³/mol. The number of carbonyl (C=O) groups excluding carboxylic acids is 1. The van der Waals surface area contributed by atoms with E-state index in [0.29, 0.717) is 24.2 Å². The summed E-state index contributed by atoms with van der Waals surface area (Å²) in [6.07, 6.45) is 2.15. The smallest absolute Gasteiger partial charge is 0.252 e. The van der Waals surface area contributed by atoms with E-state index in [1.807, 2.05) is 6.07 Å². The van der Waals surface area contributed by atoms with Crippen LogP contribution in [-0.2, 0) is 10.2 Å². The van der Waals surface area contributed by atoms with Gasteiger partial charge in [-0.25, -0.2) is 13.8 Å². The molecule has 30 heavy (non-hydrogen) atoms. The van der Waals surface area contributed by atoms with Crippen LogP contribution in [0.1, 0.15) is 48.5 Å². The van der Waals surface area contributed by atoms with Crippen molar-refractivity contribution in [3.63, 3.8) is 0 Å². The third kappa shape index (κ3) is 3.10. The van der Waals surface area contributed by atoms with E-state index in [2.05, 4.69) is 20.3 Å². The predicted octanol–water partition coefficient (Wildman–Crippen LogP) is 2.69. The largest absolute Gasteiger partial charge is 0.347 e. The van der Waals surface area contributed by atoms with E-state index in [1.54, 1.807) is 13.8 Å². The van der Waals surface area contributed by atoms with Gasteiger partial charge in [0.25, 0.3) is 5.56 Å². The Morgan fingerprint density at radius 1 is 1.37 bits per heavy atom. The van der Waals surface area contributed by atoms with Crippen LogP contribution in [0.2, 0.25) is 0 Å². The number of aryl methyl sites for hydroxylation is 1. The summed E-state index contributed by atoms with van der Waals surface area (Å²) in [6, 6.07) is 4.86. The molecule has 0 unspecified atom stereocenters. The van der Waals surface area contributed by atoms with Gasteiger partial charge >= 0.3 is 0 Å². The minimum Gasteiger partial charge on any atom is -0.347 e. The topological polar surface area (TPSA) is 112 Å². The van der Waals surface area contributed by atoms with Gasteiger partial charge in [0.2, 0.25) is 5.91 Å². The molecule has 2 aromatic heterocycles. The highest BCUT2D eigenvalue weighted by atomic mass is 19.2. The number of aromatic nitrogens is 3. The lowest BCUT2D eigenvalue weighted by atomic mass is 9.94. The van der Waals surface area contributed by atoms with Gasteiger partial charge in [-0.3, -0.25) is 14.6 Å². The first-order chi connectivity index (χ1) is 14.3. The van der Waals surface area contributed by atoms with Gasteiger partial charge in [-0.05, 0) is 44.9 Å². The van der Waals surface area contributed by atoms with Crippen molar-refractivity contribution in [1.29, 1.82) is 5.26 Å². The lowest BCUT2D eigenvalue weighted by molar-refractivity contribution is -0.124. The molecule has 1 fully saturated rings. The van der Waals surface area contributed by atoms with E-state index in [4.69, 9.17) is 5.26 Å². The summed E-state index contributed by atoms with van der Waals surface area (Å²) in [5.41, 5.74) is -0.175. The first-order valence-corrected chi connectivity index (χ1v) is 9.33. The second kappa shape index (κ2) is 6.99. The number of H-pyrrole nitrogens is 1. The molecular weight excluding hydrogens is 392 g/mol. The second-order valence-corrected chi connectivity index (χ2v) is 7.45. The fraction of sp³-hybridized carbons (Fsp3) is 0.286. The highest BCUT2D eigenvalue weighted by molar-refractivity contribution is 5.93. The average molecular weight is 409 g/mol. The minimum atomic E-state index is -1.11. The zero-order valence-corrected chi connectivity index (χ0v) is 16.2. The number of amides is 1. The van der Waals surface area contributed by atoms with Crippen molar-refractivity contribution in [1.82, 2.24) is 20.3 Å². The maximum absolute atomic E-state index is 14.2. The molecule has 152 valence electrons. The Labute approximate surface area is 169 Å². The Morgan fingerprint density at radius 3 is 2.73 bits per heavy atom. The highest BCUT2D eigenvalue weighted by Crippen LogP contribution is 2.48. The summed E-state index contributed by atoms with van der Waals surface area (Å²) in [6.45, 7) is 3.40. The minimum absolute atomic E-state index is 0.0782.